The van der Waals surface area contributed by atoms with E-state index >= 15 is 0 Å². The number of methoxy groups -OCH3 is 2. The molecule has 124 valence electrons. The lowest BCUT2D eigenvalue weighted by Gasteiger charge is -2.22. The van der Waals surface area contributed by atoms with Crippen molar-refractivity contribution < 1.29 is 9.47 Å². The minimum Gasteiger partial charge on any atom is -0.496 e. The third-order valence-corrected chi connectivity index (χ3v) is 5.12. The average Bonchev–Trinajstić information content (AvgIpc) is 2.53. The summed E-state index contributed by atoms with van der Waals surface area (Å²) in [5.41, 5.74) is 7.53. The Morgan fingerprint density at radius 1 is 0.739 bits per heavy atom. The molecule has 2 aromatic carbocycles. The van der Waals surface area contributed by atoms with Gasteiger partial charge in [0.25, 0.3) is 0 Å². The molecule has 0 aliphatic carbocycles. The Labute approximate surface area is 148 Å². The SMILES string of the molecule is COc1cc(C)c(C(CBr)c2cc(C)c(OC)cc2C)cc1C. The van der Waals surface area contributed by atoms with Crippen LogP contribution >= 0.6 is 15.9 Å². The van der Waals surface area contributed by atoms with Gasteiger partial charge in [-0.2, -0.15) is 0 Å². The number of ether oxygens (including phenoxy) is 2. The summed E-state index contributed by atoms with van der Waals surface area (Å²) in [6, 6.07) is 8.76. The highest BCUT2D eigenvalue weighted by atomic mass is 79.9. The van der Waals surface area contributed by atoms with Crippen molar-refractivity contribution in [3.8, 4) is 11.5 Å². The summed E-state index contributed by atoms with van der Waals surface area (Å²) in [5.74, 6) is 2.20. The van der Waals surface area contributed by atoms with E-state index in [9.17, 15) is 0 Å². The molecule has 0 bridgehead atoms. The van der Waals surface area contributed by atoms with Crippen LogP contribution in [-0.4, -0.2) is 19.5 Å². The van der Waals surface area contributed by atoms with Gasteiger partial charge in [-0.05, 0) is 73.2 Å². The molecule has 0 atom stereocenters. The largest absolute Gasteiger partial charge is 0.496 e. The first kappa shape index (κ1) is 17.9. The zero-order chi connectivity index (χ0) is 17.1. The van der Waals surface area contributed by atoms with E-state index in [1.54, 1.807) is 14.2 Å². The molecule has 0 spiro atoms. The molecule has 0 radical (unpaired) electrons. The van der Waals surface area contributed by atoms with E-state index < -0.39 is 0 Å². The minimum absolute atomic E-state index is 0.309. The first-order chi connectivity index (χ1) is 10.9. The second kappa shape index (κ2) is 7.39. The summed E-state index contributed by atoms with van der Waals surface area (Å²) in [6.07, 6.45) is 0. The zero-order valence-electron chi connectivity index (χ0n) is 14.8. The van der Waals surface area contributed by atoms with E-state index in [-0.39, 0.29) is 0 Å². The Morgan fingerprint density at radius 2 is 1.13 bits per heavy atom. The van der Waals surface area contributed by atoms with Gasteiger partial charge in [-0.15, -0.1) is 0 Å². The molecule has 0 fully saturated rings. The summed E-state index contributed by atoms with van der Waals surface area (Å²) in [7, 11) is 3.45. The number of halogens is 1. The predicted molar refractivity (Wildman–Crippen MR) is 101 cm³/mol. The molecule has 0 aromatic heterocycles. The fraction of sp³-hybridized carbons (Fsp3) is 0.400. The molecule has 0 saturated carbocycles. The van der Waals surface area contributed by atoms with Gasteiger partial charge in [0.15, 0.2) is 0 Å². The van der Waals surface area contributed by atoms with Gasteiger partial charge in [-0.1, -0.05) is 28.1 Å². The Hall–Kier alpha value is -1.48. The van der Waals surface area contributed by atoms with E-state index in [0.29, 0.717) is 5.92 Å². The van der Waals surface area contributed by atoms with Crippen molar-refractivity contribution in [1.82, 2.24) is 0 Å². The van der Waals surface area contributed by atoms with Gasteiger partial charge >= 0.3 is 0 Å². The van der Waals surface area contributed by atoms with Gasteiger partial charge in [0.05, 0.1) is 14.2 Å². The predicted octanol–water partition coefficient (Wildman–Crippen LogP) is 5.46. The number of hydrogen-bond donors (Lipinski definition) is 0. The molecule has 23 heavy (non-hydrogen) atoms. The van der Waals surface area contributed by atoms with Crippen molar-refractivity contribution in [2.75, 3.05) is 19.5 Å². The maximum Gasteiger partial charge on any atom is 0.122 e. The van der Waals surface area contributed by atoms with Crippen molar-refractivity contribution in [2.24, 2.45) is 0 Å². The summed E-state index contributed by atoms with van der Waals surface area (Å²) >= 11 is 3.72. The fourth-order valence-corrected chi connectivity index (χ4v) is 3.85. The van der Waals surface area contributed by atoms with Crippen molar-refractivity contribution >= 4 is 15.9 Å². The molecule has 2 rings (SSSR count). The Morgan fingerprint density at radius 3 is 1.43 bits per heavy atom. The van der Waals surface area contributed by atoms with E-state index in [0.717, 1.165) is 16.8 Å². The molecule has 0 heterocycles. The first-order valence-electron chi connectivity index (χ1n) is 7.79. The van der Waals surface area contributed by atoms with Crippen molar-refractivity contribution in [1.29, 1.82) is 0 Å². The lowest BCUT2D eigenvalue weighted by molar-refractivity contribution is 0.411. The zero-order valence-corrected chi connectivity index (χ0v) is 16.4. The van der Waals surface area contributed by atoms with Crippen molar-refractivity contribution in [2.45, 2.75) is 33.6 Å². The molecule has 2 nitrogen and oxygen atoms in total. The normalized spacial score (nSPS) is 11.0. The van der Waals surface area contributed by atoms with Gasteiger partial charge in [0, 0.05) is 11.2 Å². The van der Waals surface area contributed by atoms with Crippen LogP contribution in [0.25, 0.3) is 0 Å². The molecular weight excluding hydrogens is 352 g/mol. The molecule has 0 unspecified atom stereocenters. The summed E-state index contributed by atoms with van der Waals surface area (Å²) in [4.78, 5) is 0. The van der Waals surface area contributed by atoms with Gasteiger partial charge in [-0.3, -0.25) is 0 Å². The van der Waals surface area contributed by atoms with E-state index in [1.807, 2.05) is 0 Å². The molecule has 0 aliphatic rings. The summed E-state index contributed by atoms with van der Waals surface area (Å²) < 4.78 is 10.9. The highest BCUT2D eigenvalue weighted by Gasteiger charge is 2.20. The monoisotopic (exact) mass is 376 g/mol. The van der Waals surface area contributed by atoms with Gasteiger partial charge in [-0.25, -0.2) is 0 Å². The maximum atomic E-state index is 5.44. The van der Waals surface area contributed by atoms with Crippen LogP contribution in [0.5, 0.6) is 11.5 Å². The van der Waals surface area contributed by atoms with E-state index in [2.05, 4.69) is 67.9 Å². The topological polar surface area (TPSA) is 18.5 Å². The third-order valence-electron chi connectivity index (χ3n) is 4.47. The highest BCUT2D eigenvalue weighted by Crippen LogP contribution is 2.36. The van der Waals surface area contributed by atoms with Crippen LogP contribution in [-0.2, 0) is 0 Å². The van der Waals surface area contributed by atoms with Crippen LogP contribution in [0.3, 0.4) is 0 Å². The average molecular weight is 377 g/mol. The molecule has 0 amide bonds. The second-order valence-corrected chi connectivity index (χ2v) is 6.71. The quantitative estimate of drug-likeness (QED) is 0.644. The highest BCUT2D eigenvalue weighted by molar-refractivity contribution is 9.09. The number of benzene rings is 2. The Balaban J connectivity index is 2.57. The molecule has 0 aliphatic heterocycles. The Kier molecular flexibility index (Phi) is 5.74. The van der Waals surface area contributed by atoms with Crippen molar-refractivity contribution in [3.63, 3.8) is 0 Å². The van der Waals surface area contributed by atoms with Gasteiger partial charge in [0.2, 0.25) is 0 Å². The van der Waals surface area contributed by atoms with Gasteiger partial charge in [0.1, 0.15) is 11.5 Å². The number of rotatable bonds is 5. The molecule has 0 N–H and O–H groups in total. The van der Waals surface area contributed by atoms with Crippen molar-refractivity contribution in [3.05, 3.63) is 57.6 Å². The van der Waals surface area contributed by atoms with Crippen LogP contribution in [0, 0.1) is 27.7 Å². The fourth-order valence-electron chi connectivity index (χ4n) is 3.15. The molecular formula is C20H25BrO2. The number of hydrogen-bond acceptors (Lipinski definition) is 2. The van der Waals surface area contributed by atoms with Crippen LogP contribution < -0.4 is 9.47 Å². The summed E-state index contributed by atoms with van der Waals surface area (Å²) in [5, 5.41) is 0.881. The number of aryl methyl sites for hydroxylation is 4. The Bertz CT molecular complexity index is 648. The van der Waals surface area contributed by atoms with E-state index in [4.69, 9.17) is 9.47 Å². The van der Waals surface area contributed by atoms with Crippen LogP contribution in [0.15, 0.2) is 24.3 Å². The van der Waals surface area contributed by atoms with Gasteiger partial charge < -0.3 is 9.47 Å². The first-order valence-corrected chi connectivity index (χ1v) is 8.91. The standard InChI is InChI=1S/C20H25BrO2/c1-12-9-19(22-5)14(3)7-16(12)18(11-21)17-8-15(4)20(23-6)10-13(17)2/h7-10,18H,11H2,1-6H3. The smallest absolute Gasteiger partial charge is 0.122 e. The van der Waals surface area contributed by atoms with Crippen LogP contribution in [0.4, 0.5) is 0 Å². The second-order valence-electron chi connectivity index (χ2n) is 6.06. The number of alkyl halides is 1. The molecule has 2 aromatic rings. The van der Waals surface area contributed by atoms with E-state index in [1.165, 1.54) is 33.4 Å². The lowest BCUT2D eigenvalue weighted by Crippen LogP contribution is -2.08. The lowest BCUT2D eigenvalue weighted by atomic mass is 9.85. The molecule has 3 heteroatoms. The molecule has 0 saturated heterocycles. The maximum absolute atomic E-state index is 5.44. The van der Waals surface area contributed by atoms with Crippen LogP contribution in [0.1, 0.15) is 39.3 Å². The third kappa shape index (κ3) is 3.55. The summed E-state index contributed by atoms with van der Waals surface area (Å²) in [6.45, 7) is 8.50. The minimum atomic E-state index is 0.309. The van der Waals surface area contributed by atoms with Crippen LogP contribution in [0.2, 0.25) is 0 Å².